The van der Waals surface area contributed by atoms with E-state index in [0.717, 1.165) is 16.9 Å². The molecule has 1 heterocycles. The third-order valence-electron chi connectivity index (χ3n) is 3.90. The van der Waals surface area contributed by atoms with Crippen molar-refractivity contribution in [2.24, 2.45) is 0 Å². The van der Waals surface area contributed by atoms with Crippen LogP contribution in [0.4, 0.5) is 10.8 Å². The minimum Gasteiger partial charge on any atom is -0.388 e. The van der Waals surface area contributed by atoms with Gasteiger partial charge < -0.3 is 16.2 Å². The molecule has 1 aromatic heterocycles. The molecule has 0 aliphatic rings. The average molecular weight is 419 g/mol. The standard InChI is InChI=1S/C23H27N3O2S/c1-16-5-4-7-18(13-16)21(27)8-3-2-6-17-9-11-19(12-10-17)25-22(28)14-20-15-29-23(24)26-20/h4-5,7,9-13,15,21,27H,2-3,6,8,14H2,1H3,(H2,24,26)(H,25,28)/t21-/m0/s1/i4D,5D,7D,8D2,13D,14D2,21D. The van der Waals surface area contributed by atoms with Crippen molar-refractivity contribution in [2.45, 2.75) is 45.0 Å². The van der Waals surface area contributed by atoms with Crippen LogP contribution < -0.4 is 11.1 Å². The Morgan fingerprint density at radius 2 is 2.17 bits per heavy atom. The minimum atomic E-state index is -2.98. The van der Waals surface area contributed by atoms with Crippen molar-refractivity contribution < 1.29 is 22.2 Å². The van der Waals surface area contributed by atoms with Gasteiger partial charge in [-0.1, -0.05) is 48.3 Å². The van der Waals surface area contributed by atoms with Gasteiger partial charge in [0.2, 0.25) is 5.91 Å². The molecule has 0 aliphatic carbocycles. The maximum Gasteiger partial charge on any atom is 0.230 e. The summed E-state index contributed by atoms with van der Waals surface area (Å²) in [6.45, 7) is 1.35. The molecule has 3 rings (SSSR count). The summed E-state index contributed by atoms with van der Waals surface area (Å²) in [6.07, 6.45) is -7.69. The summed E-state index contributed by atoms with van der Waals surface area (Å²) in [7, 11) is 0. The molecule has 1 atom stereocenters. The van der Waals surface area contributed by atoms with Crippen LogP contribution in [0.5, 0.6) is 0 Å². The number of thiazole rings is 1. The predicted molar refractivity (Wildman–Crippen MR) is 119 cm³/mol. The van der Waals surface area contributed by atoms with Crippen LogP contribution in [0.15, 0.2) is 53.8 Å². The molecular formula is C23H27N3O2S. The molecule has 0 unspecified atom stereocenters. The largest absolute Gasteiger partial charge is 0.388 e. The van der Waals surface area contributed by atoms with Crippen LogP contribution >= 0.6 is 11.3 Å². The van der Waals surface area contributed by atoms with Crippen molar-refractivity contribution >= 4 is 28.1 Å². The van der Waals surface area contributed by atoms with E-state index in [1.807, 2.05) is 0 Å². The second-order valence-corrected chi connectivity index (χ2v) is 7.12. The number of aryl methyl sites for hydroxylation is 1. The van der Waals surface area contributed by atoms with Crippen molar-refractivity contribution in [2.75, 3.05) is 11.1 Å². The van der Waals surface area contributed by atoms with Crippen LogP contribution in [0.25, 0.3) is 0 Å². The van der Waals surface area contributed by atoms with E-state index in [0.29, 0.717) is 12.1 Å². The number of carbonyl (C=O) groups is 1. The smallest absolute Gasteiger partial charge is 0.230 e. The lowest BCUT2D eigenvalue weighted by molar-refractivity contribution is -0.115. The molecule has 6 heteroatoms. The molecule has 0 aliphatic heterocycles. The summed E-state index contributed by atoms with van der Waals surface area (Å²) in [4.78, 5) is 16.3. The van der Waals surface area contributed by atoms with Crippen molar-refractivity contribution in [1.29, 1.82) is 0 Å². The summed E-state index contributed by atoms with van der Waals surface area (Å²) in [5.74, 6) is -0.912. The number of amides is 1. The fraction of sp³-hybridized carbons (Fsp3) is 0.304. The Morgan fingerprint density at radius 1 is 1.38 bits per heavy atom. The molecule has 0 fully saturated rings. The number of carbonyl (C=O) groups excluding carboxylic acids is 1. The highest BCUT2D eigenvalue weighted by atomic mass is 32.1. The van der Waals surface area contributed by atoms with Gasteiger partial charge in [-0.2, -0.15) is 0 Å². The van der Waals surface area contributed by atoms with E-state index in [4.69, 9.17) is 18.1 Å². The maximum atomic E-state index is 12.4. The summed E-state index contributed by atoms with van der Waals surface area (Å²) >= 11 is 1.03. The molecule has 0 spiro atoms. The van der Waals surface area contributed by atoms with E-state index in [1.165, 1.54) is 12.3 Å². The van der Waals surface area contributed by atoms with Crippen molar-refractivity contribution in [3.05, 3.63) is 76.2 Å². The Kier molecular flexibility index (Phi) is 4.25. The topological polar surface area (TPSA) is 88.2 Å². The number of hydrogen-bond acceptors (Lipinski definition) is 5. The average Bonchev–Trinajstić information content (AvgIpc) is 3.29. The Labute approximate surface area is 188 Å². The number of hydrogen-bond donors (Lipinski definition) is 3. The van der Waals surface area contributed by atoms with Gasteiger partial charge in [0, 0.05) is 16.6 Å². The zero-order valence-corrected chi connectivity index (χ0v) is 16.6. The number of nitrogens with zero attached hydrogens (tertiary/aromatic N) is 1. The zero-order valence-electron chi connectivity index (χ0n) is 24.8. The number of nitrogens with two attached hydrogens (primary N) is 1. The molecule has 0 saturated heterocycles. The third-order valence-corrected chi connectivity index (χ3v) is 4.57. The van der Waals surface area contributed by atoms with E-state index in [9.17, 15) is 9.90 Å². The van der Waals surface area contributed by atoms with E-state index in [2.05, 4.69) is 10.3 Å². The summed E-state index contributed by atoms with van der Waals surface area (Å²) < 4.78 is 72.9. The van der Waals surface area contributed by atoms with Crippen molar-refractivity contribution in [3.8, 4) is 0 Å². The third kappa shape index (κ3) is 6.69. The van der Waals surface area contributed by atoms with Crippen LogP contribution in [0.2, 0.25) is 0 Å². The van der Waals surface area contributed by atoms with Crippen LogP contribution in [0.1, 0.15) is 60.0 Å². The summed E-state index contributed by atoms with van der Waals surface area (Å²) in [6, 6.07) is 4.29. The van der Waals surface area contributed by atoms with Gasteiger partial charge in [0.25, 0.3) is 0 Å². The Balaban J connectivity index is 1.65. The molecule has 3 aromatic rings. The lowest BCUT2D eigenvalue weighted by atomic mass is 10.00. The van der Waals surface area contributed by atoms with Crippen LogP contribution in [-0.2, 0) is 17.6 Å². The molecular weight excluding hydrogens is 382 g/mol. The van der Waals surface area contributed by atoms with Crippen LogP contribution in [-0.4, -0.2) is 16.0 Å². The quantitative estimate of drug-likeness (QED) is 0.471. The first-order valence-electron chi connectivity index (χ1n) is 13.4. The highest BCUT2D eigenvalue weighted by Crippen LogP contribution is 2.21. The Morgan fingerprint density at radius 3 is 2.90 bits per heavy atom. The van der Waals surface area contributed by atoms with Crippen molar-refractivity contribution in [1.82, 2.24) is 4.98 Å². The first-order valence-corrected chi connectivity index (χ1v) is 9.80. The highest BCUT2D eigenvalue weighted by molar-refractivity contribution is 7.13. The number of nitrogen functional groups attached to an aromatic ring is 1. The van der Waals surface area contributed by atoms with Gasteiger partial charge in [-0.25, -0.2) is 4.98 Å². The highest BCUT2D eigenvalue weighted by Gasteiger charge is 2.08. The SMILES string of the molecule is [2H]c1c([2H])c(C)c([2H])c([C@@]([2H])(O)C([2H])([2H])CCCc2ccc(NC(=O)C([2H])([2H])c3csc(N)n3)cc2)c1[2H]. The van der Waals surface area contributed by atoms with E-state index < -0.39 is 48.4 Å². The van der Waals surface area contributed by atoms with Gasteiger partial charge in [0.05, 0.1) is 25.0 Å². The second kappa shape index (κ2) is 10.2. The molecule has 0 bridgehead atoms. The number of rotatable bonds is 9. The lowest BCUT2D eigenvalue weighted by Crippen LogP contribution is -2.14. The summed E-state index contributed by atoms with van der Waals surface area (Å²) in [5, 5.41) is 14.8. The maximum absolute atomic E-state index is 12.4. The van der Waals surface area contributed by atoms with E-state index in [1.54, 1.807) is 24.3 Å². The molecule has 4 N–H and O–H groups in total. The first-order chi connectivity index (χ1) is 17.5. The van der Waals surface area contributed by atoms with Crippen molar-refractivity contribution in [3.63, 3.8) is 0 Å². The fourth-order valence-electron chi connectivity index (χ4n) is 2.52. The van der Waals surface area contributed by atoms with Crippen LogP contribution in [0, 0.1) is 6.92 Å². The predicted octanol–water partition coefficient (Wildman–Crippen LogP) is 4.66. The monoisotopic (exact) mass is 418 g/mol. The molecule has 5 nitrogen and oxygen atoms in total. The first kappa shape index (κ1) is 12.1. The number of anilines is 2. The number of benzene rings is 2. The summed E-state index contributed by atoms with van der Waals surface area (Å²) in [5.41, 5.74) is 5.88. The van der Waals surface area contributed by atoms with E-state index >= 15 is 0 Å². The molecule has 0 saturated carbocycles. The molecule has 2 aromatic carbocycles. The van der Waals surface area contributed by atoms with E-state index in [-0.39, 0.29) is 35.3 Å². The van der Waals surface area contributed by atoms with Gasteiger partial charge in [0.1, 0.15) is 0 Å². The zero-order chi connectivity index (χ0) is 28.6. The minimum absolute atomic E-state index is 0.0153. The van der Waals surface area contributed by atoms with Gasteiger partial charge in [0.15, 0.2) is 5.13 Å². The second-order valence-electron chi connectivity index (χ2n) is 6.23. The number of aliphatic hydroxyl groups is 1. The normalized spacial score (nSPS) is 18.5. The molecule has 1 amide bonds. The van der Waals surface area contributed by atoms with Crippen LogP contribution in [0.3, 0.4) is 0 Å². The Hall–Kier alpha value is -2.70. The number of nitrogens with one attached hydrogen (secondary N) is 1. The van der Waals surface area contributed by atoms with Gasteiger partial charge in [-0.3, -0.25) is 4.79 Å². The molecule has 0 radical (unpaired) electrons. The fourth-order valence-corrected chi connectivity index (χ4v) is 3.02. The molecule has 152 valence electrons. The van der Waals surface area contributed by atoms with Gasteiger partial charge >= 0.3 is 0 Å². The molecule has 29 heavy (non-hydrogen) atoms. The van der Waals surface area contributed by atoms with Gasteiger partial charge in [-0.05, 0) is 49.4 Å². The Bertz CT molecular complexity index is 1320. The van der Waals surface area contributed by atoms with Gasteiger partial charge in [-0.15, -0.1) is 11.3 Å². The number of aromatic nitrogens is 1. The lowest BCUT2D eigenvalue weighted by Gasteiger charge is -2.11.